The molecule has 0 aliphatic carbocycles. The Balaban J connectivity index is 2.20. The summed E-state index contributed by atoms with van der Waals surface area (Å²) in [6.45, 7) is 9.53. The summed E-state index contributed by atoms with van der Waals surface area (Å²) in [5.41, 5.74) is -0.246. The average molecular weight is 378 g/mol. The number of imidazole rings is 1. The van der Waals surface area contributed by atoms with Crippen LogP contribution in [-0.4, -0.2) is 49.8 Å². The lowest BCUT2D eigenvalue weighted by atomic mass is 10.2. The second kappa shape index (κ2) is 7.05. The van der Waals surface area contributed by atoms with Gasteiger partial charge in [-0.2, -0.15) is 0 Å². The Morgan fingerprint density at radius 3 is 2.37 bits per heavy atom. The van der Waals surface area contributed by atoms with Crippen molar-refractivity contribution in [3.8, 4) is 0 Å². The second-order valence-electron chi connectivity index (χ2n) is 7.65. The minimum absolute atomic E-state index is 0.0647. The third kappa shape index (κ3) is 3.37. The molecule has 9 heteroatoms. The van der Waals surface area contributed by atoms with E-state index in [2.05, 4.69) is 4.98 Å². The fourth-order valence-corrected chi connectivity index (χ4v) is 3.94. The third-order valence-electron chi connectivity index (χ3n) is 5.37. The zero-order chi connectivity index (χ0) is 20.0. The van der Waals surface area contributed by atoms with Crippen LogP contribution in [0.15, 0.2) is 9.59 Å². The molecule has 0 radical (unpaired) electrons. The van der Waals surface area contributed by atoms with Crippen LogP contribution in [0.25, 0.3) is 11.2 Å². The van der Waals surface area contributed by atoms with Crippen LogP contribution < -0.4 is 16.1 Å². The minimum Gasteiger partial charge on any atom is -0.364 e. The first-order chi connectivity index (χ1) is 12.6. The van der Waals surface area contributed by atoms with Gasteiger partial charge < -0.3 is 14.2 Å². The van der Waals surface area contributed by atoms with Crippen LogP contribution in [-0.2, 0) is 30.2 Å². The molecule has 1 fully saturated rings. The number of Topliss-reactive ketones (excluding diaryl/α,β-unsaturated/α-hetero) is 1. The van der Waals surface area contributed by atoms with E-state index in [0.29, 0.717) is 23.5 Å². The summed E-state index contributed by atoms with van der Waals surface area (Å²) >= 11 is 0. The number of ether oxygens (including phenoxy) is 1. The molecule has 0 aromatic carbocycles. The summed E-state index contributed by atoms with van der Waals surface area (Å²) in [6.07, 6.45) is 0.257. The predicted octanol–water partition coefficient (Wildman–Crippen LogP) is -1.22. The van der Waals surface area contributed by atoms with Crippen LogP contribution in [0.4, 0.5) is 0 Å². The van der Waals surface area contributed by atoms with E-state index >= 15 is 0 Å². The molecule has 0 amide bonds. The highest BCUT2D eigenvalue weighted by Crippen LogP contribution is 2.18. The van der Waals surface area contributed by atoms with Gasteiger partial charge in [0.2, 0.25) is 0 Å². The van der Waals surface area contributed by atoms with Crippen LogP contribution >= 0.6 is 0 Å². The zero-order valence-electron chi connectivity index (χ0n) is 16.8. The molecule has 1 aliphatic heterocycles. The first-order valence-corrected chi connectivity index (χ1v) is 9.28. The highest BCUT2D eigenvalue weighted by atomic mass is 16.5. The van der Waals surface area contributed by atoms with Gasteiger partial charge in [0.05, 0.1) is 6.04 Å². The molecule has 3 atom stereocenters. The number of hydrogen-bond donors (Lipinski definition) is 1. The SMILES string of the molecule is CC(=O)[C@H](C)n1c(C[NH+]2C[C@H](C)O[C@@H](C)C2)nc2c1c(=O)n(C)c(=O)n2C. The van der Waals surface area contributed by atoms with Gasteiger partial charge in [-0.25, -0.2) is 9.78 Å². The molecule has 1 N–H and O–H groups in total. The summed E-state index contributed by atoms with van der Waals surface area (Å²) < 4.78 is 9.93. The van der Waals surface area contributed by atoms with Crippen molar-refractivity contribution in [3.63, 3.8) is 0 Å². The summed E-state index contributed by atoms with van der Waals surface area (Å²) in [6, 6.07) is -0.537. The van der Waals surface area contributed by atoms with E-state index in [1.54, 1.807) is 18.5 Å². The van der Waals surface area contributed by atoms with Crippen molar-refractivity contribution in [2.75, 3.05) is 13.1 Å². The monoisotopic (exact) mass is 378 g/mol. The lowest BCUT2D eigenvalue weighted by Gasteiger charge is -2.32. The number of carbonyl (C=O) groups excluding carboxylic acids is 1. The first kappa shape index (κ1) is 19.5. The van der Waals surface area contributed by atoms with Crippen molar-refractivity contribution >= 4 is 16.9 Å². The standard InChI is InChI=1S/C18H27N5O4/c1-10-7-22(8-11(2)27-10)9-14-19-16-15(23(14)12(3)13(4)24)17(25)21(6)18(26)20(16)5/h10-12H,7-9H2,1-6H3/p+1/t10-,11-,12-/m0/s1. The van der Waals surface area contributed by atoms with Gasteiger partial charge in [-0.3, -0.25) is 18.7 Å². The summed E-state index contributed by atoms with van der Waals surface area (Å²) in [5.74, 6) is 0.576. The van der Waals surface area contributed by atoms with E-state index < -0.39 is 17.3 Å². The smallest absolute Gasteiger partial charge is 0.332 e. The van der Waals surface area contributed by atoms with E-state index in [1.807, 2.05) is 13.8 Å². The Morgan fingerprint density at radius 2 is 1.81 bits per heavy atom. The van der Waals surface area contributed by atoms with Gasteiger partial charge in [0, 0.05) is 14.1 Å². The van der Waals surface area contributed by atoms with E-state index in [9.17, 15) is 14.4 Å². The number of morpholine rings is 1. The molecule has 0 bridgehead atoms. The van der Waals surface area contributed by atoms with Crippen molar-refractivity contribution in [1.82, 2.24) is 18.7 Å². The number of nitrogens with one attached hydrogen (secondary N) is 1. The van der Waals surface area contributed by atoms with Gasteiger partial charge in [-0.15, -0.1) is 0 Å². The topological polar surface area (TPSA) is 92.6 Å². The Bertz CT molecular complexity index is 992. The van der Waals surface area contributed by atoms with Crippen molar-refractivity contribution in [1.29, 1.82) is 0 Å². The molecule has 2 aromatic rings. The van der Waals surface area contributed by atoms with Crippen LogP contribution in [0.1, 0.15) is 39.6 Å². The number of rotatable bonds is 4. The van der Waals surface area contributed by atoms with E-state index in [1.165, 1.54) is 23.4 Å². The van der Waals surface area contributed by atoms with Gasteiger partial charge in [0.15, 0.2) is 22.8 Å². The molecule has 27 heavy (non-hydrogen) atoms. The number of ketones is 1. The number of quaternary nitrogens is 1. The van der Waals surface area contributed by atoms with E-state index in [-0.39, 0.29) is 18.0 Å². The maximum atomic E-state index is 12.8. The Kier molecular flexibility index (Phi) is 5.09. The van der Waals surface area contributed by atoms with Crippen molar-refractivity contribution in [2.45, 2.75) is 52.5 Å². The number of aromatic nitrogens is 4. The Hall–Kier alpha value is -2.26. The van der Waals surface area contributed by atoms with Gasteiger partial charge in [0.25, 0.3) is 5.56 Å². The third-order valence-corrected chi connectivity index (χ3v) is 5.37. The van der Waals surface area contributed by atoms with Crippen LogP contribution in [0, 0.1) is 0 Å². The molecule has 0 spiro atoms. The fourth-order valence-electron chi connectivity index (χ4n) is 3.94. The largest absolute Gasteiger partial charge is 0.364 e. The molecule has 3 heterocycles. The van der Waals surface area contributed by atoms with Gasteiger partial charge in [-0.1, -0.05) is 0 Å². The van der Waals surface area contributed by atoms with Crippen LogP contribution in [0.5, 0.6) is 0 Å². The number of fused-ring (bicyclic) bond motifs is 1. The molecular formula is C18H28N5O4+. The van der Waals surface area contributed by atoms with Crippen molar-refractivity contribution in [3.05, 3.63) is 26.7 Å². The minimum atomic E-state index is -0.537. The summed E-state index contributed by atoms with van der Waals surface area (Å²) in [5, 5.41) is 0. The normalized spacial score (nSPS) is 24.3. The lowest BCUT2D eigenvalue weighted by molar-refractivity contribution is -0.929. The Morgan fingerprint density at radius 1 is 1.22 bits per heavy atom. The maximum absolute atomic E-state index is 12.8. The molecule has 148 valence electrons. The molecule has 2 aromatic heterocycles. The summed E-state index contributed by atoms with van der Waals surface area (Å²) in [4.78, 5) is 43.1. The lowest BCUT2D eigenvalue weighted by Crippen LogP contribution is -3.14. The van der Waals surface area contributed by atoms with E-state index in [0.717, 1.165) is 17.7 Å². The van der Waals surface area contributed by atoms with Crippen LogP contribution in [0.2, 0.25) is 0 Å². The summed E-state index contributed by atoms with van der Waals surface area (Å²) in [7, 11) is 3.03. The average Bonchev–Trinajstić information content (AvgIpc) is 2.95. The highest BCUT2D eigenvalue weighted by Gasteiger charge is 2.30. The number of nitrogens with zero attached hydrogens (tertiary/aromatic N) is 4. The number of carbonyl (C=O) groups is 1. The molecule has 0 saturated carbocycles. The van der Waals surface area contributed by atoms with Crippen molar-refractivity contribution in [2.24, 2.45) is 14.1 Å². The molecule has 0 unspecified atom stereocenters. The van der Waals surface area contributed by atoms with Crippen LogP contribution in [0.3, 0.4) is 0 Å². The van der Waals surface area contributed by atoms with Crippen molar-refractivity contribution < 1.29 is 14.4 Å². The second-order valence-corrected chi connectivity index (χ2v) is 7.65. The fraction of sp³-hybridized carbons (Fsp3) is 0.667. The predicted molar refractivity (Wildman–Crippen MR) is 100 cm³/mol. The van der Waals surface area contributed by atoms with Gasteiger partial charge >= 0.3 is 5.69 Å². The molecule has 9 nitrogen and oxygen atoms in total. The molecule has 3 rings (SSSR count). The molecule has 1 saturated heterocycles. The highest BCUT2D eigenvalue weighted by molar-refractivity contribution is 5.82. The Labute approximate surface area is 157 Å². The first-order valence-electron chi connectivity index (χ1n) is 9.28. The zero-order valence-corrected chi connectivity index (χ0v) is 16.8. The number of hydrogen-bond acceptors (Lipinski definition) is 5. The molecular weight excluding hydrogens is 350 g/mol. The maximum Gasteiger partial charge on any atom is 0.332 e. The van der Waals surface area contributed by atoms with Gasteiger partial charge in [0.1, 0.15) is 31.8 Å². The molecule has 1 aliphatic rings. The van der Waals surface area contributed by atoms with Gasteiger partial charge in [-0.05, 0) is 27.7 Å². The van der Waals surface area contributed by atoms with E-state index in [4.69, 9.17) is 4.74 Å². The number of aryl methyl sites for hydroxylation is 1. The quantitative estimate of drug-likeness (QED) is 0.720.